The quantitative estimate of drug-likeness (QED) is 0.616. The van der Waals surface area contributed by atoms with Gasteiger partial charge in [-0.05, 0) is 51.0 Å². The molecule has 7 nitrogen and oxygen atoms in total. The monoisotopic (exact) mass is 404 g/mol. The molecule has 0 unspecified atom stereocenters. The number of carbonyl (C=O) groups excluding carboxylic acids is 1. The van der Waals surface area contributed by atoms with E-state index in [1.165, 1.54) is 12.3 Å². The van der Waals surface area contributed by atoms with E-state index in [1.807, 2.05) is 14.0 Å². The maximum Gasteiger partial charge on any atom is 0.254 e. The van der Waals surface area contributed by atoms with Gasteiger partial charge in [0.25, 0.3) is 5.91 Å². The molecule has 0 saturated heterocycles. The number of rotatable bonds is 4. The normalized spacial score (nSPS) is 15.6. The maximum atomic E-state index is 13.7. The molecule has 8 heteroatoms. The van der Waals surface area contributed by atoms with Crippen LogP contribution in [0.5, 0.6) is 0 Å². The van der Waals surface area contributed by atoms with Gasteiger partial charge in [0.1, 0.15) is 5.82 Å². The van der Waals surface area contributed by atoms with Crippen LogP contribution in [0.4, 0.5) is 15.8 Å². The molecule has 0 fully saturated rings. The molecule has 0 N–H and O–H groups in total. The minimum absolute atomic E-state index is 0.117. The van der Waals surface area contributed by atoms with Gasteiger partial charge in [0.15, 0.2) is 0 Å². The molecule has 30 heavy (non-hydrogen) atoms. The molecular weight excluding hydrogens is 383 g/mol. The van der Waals surface area contributed by atoms with E-state index in [1.54, 1.807) is 34.0 Å². The molecule has 0 spiro atoms. The van der Waals surface area contributed by atoms with Crippen molar-refractivity contribution in [3.63, 3.8) is 0 Å². The standard InChI is InChI=1S/C22H21FN6O/c1-13-20-17(21(28(4)27-20)15-9-16(23)12-26-11-15)7-8-29(13)22(30)14-5-6-18(24-2)19(10-14)25-3/h5-6,9-13H,2-3,7-8H2,1,4H3/t13-/m0/s1. The number of nitrogens with zero attached hydrogens (tertiary/aromatic N) is 6. The van der Waals surface area contributed by atoms with Crippen LogP contribution in [0.15, 0.2) is 46.6 Å². The number of amides is 1. The van der Waals surface area contributed by atoms with Crippen LogP contribution < -0.4 is 0 Å². The van der Waals surface area contributed by atoms with Crippen LogP contribution in [0.3, 0.4) is 0 Å². The second kappa shape index (κ2) is 7.62. The largest absolute Gasteiger partial charge is 0.330 e. The summed E-state index contributed by atoms with van der Waals surface area (Å²) in [4.78, 5) is 26.8. The second-order valence-corrected chi connectivity index (χ2v) is 7.17. The predicted octanol–water partition coefficient (Wildman–Crippen LogP) is 4.04. The van der Waals surface area contributed by atoms with Gasteiger partial charge in [-0.1, -0.05) is 0 Å². The Morgan fingerprint density at radius 3 is 2.67 bits per heavy atom. The minimum Gasteiger partial charge on any atom is -0.330 e. The Labute approximate surface area is 173 Å². The molecule has 4 rings (SSSR count). The van der Waals surface area contributed by atoms with Gasteiger partial charge in [-0.25, -0.2) is 4.39 Å². The highest BCUT2D eigenvalue weighted by atomic mass is 19.1. The first-order valence-corrected chi connectivity index (χ1v) is 9.49. The summed E-state index contributed by atoms with van der Waals surface area (Å²) in [6.45, 7) is 9.52. The van der Waals surface area contributed by atoms with Gasteiger partial charge in [-0.2, -0.15) is 5.10 Å². The zero-order valence-corrected chi connectivity index (χ0v) is 16.8. The van der Waals surface area contributed by atoms with E-state index in [-0.39, 0.29) is 11.9 Å². The Kier molecular flexibility index (Phi) is 4.99. The summed E-state index contributed by atoms with van der Waals surface area (Å²) in [7, 11) is 1.82. The maximum absolute atomic E-state index is 13.7. The second-order valence-electron chi connectivity index (χ2n) is 7.17. The fraction of sp³-hybridized carbons (Fsp3) is 0.227. The molecule has 0 aliphatic carbocycles. The fourth-order valence-electron chi connectivity index (χ4n) is 4.01. The Balaban J connectivity index is 1.69. The van der Waals surface area contributed by atoms with E-state index in [0.29, 0.717) is 35.5 Å². The number of benzene rings is 1. The highest BCUT2D eigenvalue weighted by molar-refractivity contribution is 5.96. The van der Waals surface area contributed by atoms with Crippen LogP contribution in [0.1, 0.15) is 34.6 Å². The summed E-state index contributed by atoms with van der Waals surface area (Å²) in [5.74, 6) is -0.513. The van der Waals surface area contributed by atoms with E-state index in [9.17, 15) is 9.18 Å². The topological polar surface area (TPSA) is 75.7 Å². The predicted molar refractivity (Wildman–Crippen MR) is 114 cm³/mol. The fourth-order valence-corrected chi connectivity index (χ4v) is 4.01. The van der Waals surface area contributed by atoms with Crippen molar-refractivity contribution in [1.29, 1.82) is 0 Å². The van der Waals surface area contributed by atoms with Crippen LogP contribution >= 0.6 is 0 Å². The van der Waals surface area contributed by atoms with Gasteiger partial charge in [0.2, 0.25) is 0 Å². The molecule has 1 aromatic carbocycles. The molecule has 1 amide bonds. The Hall–Kier alpha value is -3.68. The number of pyridine rings is 1. The third-order valence-electron chi connectivity index (χ3n) is 5.44. The number of fused-ring (bicyclic) bond motifs is 1. The number of aromatic nitrogens is 3. The van der Waals surface area contributed by atoms with Crippen molar-refractivity contribution in [3.8, 4) is 11.3 Å². The SMILES string of the molecule is C=Nc1ccc(C(=O)N2CCc3c(nn(C)c3-c3cncc(F)c3)[C@@H]2C)cc1N=C. The van der Waals surface area contributed by atoms with Crippen molar-refractivity contribution in [3.05, 3.63) is 59.3 Å². The molecular formula is C22H21FN6O. The smallest absolute Gasteiger partial charge is 0.254 e. The number of halogens is 1. The molecule has 3 heterocycles. The summed E-state index contributed by atoms with van der Waals surface area (Å²) in [5.41, 5.74) is 4.92. The summed E-state index contributed by atoms with van der Waals surface area (Å²) in [6.07, 6.45) is 3.42. The number of aliphatic imine (C=N–C) groups is 2. The van der Waals surface area contributed by atoms with Gasteiger partial charge in [-0.15, -0.1) is 0 Å². The van der Waals surface area contributed by atoms with Gasteiger partial charge in [0, 0.05) is 36.5 Å². The molecule has 3 aromatic rings. The van der Waals surface area contributed by atoms with Crippen molar-refractivity contribution in [2.45, 2.75) is 19.4 Å². The highest BCUT2D eigenvalue weighted by Crippen LogP contribution is 2.36. The van der Waals surface area contributed by atoms with E-state index in [0.717, 1.165) is 17.0 Å². The molecule has 1 aliphatic heterocycles. The van der Waals surface area contributed by atoms with Crippen LogP contribution in [0.2, 0.25) is 0 Å². The zero-order chi connectivity index (χ0) is 21.4. The lowest BCUT2D eigenvalue weighted by Crippen LogP contribution is -2.38. The average Bonchev–Trinajstić information content (AvgIpc) is 3.09. The Bertz CT molecular complexity index is 1170. The Morgan fingerprint density at radius 1 is 1.20 bits per heavy atom. The molecule has 2 aromatic heterocycles. The molecule has 0 radical (unpaired) electrons. The van der Waals surface area contributed by atoms with Crippen LogP contribution in [0, 0.1) is 5.82 Å². The van der Waals surface area contributed by atoms with Gasteiger partial charge < -0.3 is 4.90 Å². The third-order valence-corrected chi connectivity index (χ3v) is 5.44. The van der Waals surface area contributed by atoms with Crippen LogP contribution in [-0.2, 0) is 13.5 Å². The summed E-state index contributed by atoms with van der Waals surface area (Å²) < 4.78 is 15.4. The van der Waals surface area contributed by atoms with Gasteiger partial charge in [-0.3, -0.25) is 24.4 Å². The summed E-state index contributed by atoms with van der Waals surface area (Å²) >= 11 is 0. The number of hydrogen-bond donors (Lipinski definition) is 0. The number of carbonyl (C=O) groups is 1. The molecule has 0 saturated carbocycles. The van der Waals surface area contributed by atoms with Crippen LogP contribution in [-0.4, -0.2) is 45.6 Å². The first-order valence-electron chi connectivity index (χ1n) is 9.49. The lowest BCUT2D eigenvalue weighted by molar-refractivity contribution is 0.0673. The van der Waals surface area contributed by atoms with E-state index >= 15 is 0 Å². The van der Waals surface area contributed by atoms with Crippen molar-refractivity contribution in [1.82, 2.24) is 19.7 Å². The lowest BCUT2D eigenvalue weighted by Gasteiger charge is -2.33. The van der Waals surface area contributed by atoms with E-state index < -0.39 is 5.82 Å². The summed E-state index contributed by atoms with van der Waals surface area (Å²) in [6, 6.07) is 6.31. The highest BCUT2D eigenvalue weighted by Gasteiger charge is 2.33. The number of hydrogen-bond acceptors (Lipinski definition) is 5. The van der Waals surface area contributed by atoms with Gasteiger partial charge in [0.05, 0.1) is 35.0 Å². The van der Waals surface area contributed by atoms with Crippen molar-refractivity contribution >= 4 is 30.7 Å². The lowest BCUT2D eigenvalue weighted by atomic mass is 9.95. The minimum atomic E-state index is -0.396. The van der Waals surface area contributed by atoms with E-state index in [4.69, 9.17) is 0 Å². The Morgan fingerprint density at radius 2 is 1.97 bits per heavy atom. The van der Waals surface area contributed by atoms with Crippen LogP contribution in [0.25, 0.3) is 11.3 Å². The molecule has 1 aliphatic rings. The molecule has 1 atom stereocenters. The first-order chi connectivity index (χ1) is 14.4. The average molecular weight is 404 g/mol. The molecule has 0 bridgehead atoms. The molecule has 152 valence electrons. The zero-order valence-electron chi connectivity index (χ0n) is 16.8. The first kappa shape index (κ1) is 19.6. The van der Waals surface area contributed by atoms with Crippen molar-refractivity contribution in [2.24, 2.45) is 17.0 Å². The van der Waals surface area contributed by atoms with Gasteiger partial charge >= 0.3 is 0 Å². The van der Waals surface area contributed by atoms with Crippen molar-refractivity contribution < 1.29 is 9.18 Å². The third kappa shape index (κ3) is 3.20. The van der Waals surface area contributed by atoms with E-state index in [2.05, 4.69) is 33.5 Å². The van der Waals surface area contributed by atoms with Crippen molar-refractivity contribution in [2.75, 3.05) is 6.54 Å². The summed E-state index contributed by atoms with van der Waals surface area (Å²) in [5, 5.41) is 4.65. The number of aryl methyl sites for hydroxylation is 1.